The zero-order valence-corrected chi connectivity index (χ0v) is 10.4. The number of aryl methyl sites for hydroxylation is 1. The summed E-state index contributed by atoms with van der Waals surface area (Å²) >= 11 is 6.19. The molecular formula is C12H18ClN3. The maximum atomic E-state index is 6.19. The van der Waals surface area contributed by atoms with Gasteiger partial charge in [0, 0.05) is 19.0 Å². The van der Waals surface area contributed by atoms with Gasteiger partial charge in [0.05, 0.1) is 16.9 Å². The van der Waals surface area contributed by atoms with E-state index < -0.39 is 0 Å². The lowest BCUT2D eigenvalue weighted by Crippen LogP contribution is -2.35. The lowest BCUT2D eigenvalue weighted by atomic mass is 9.71. The molecule has 2 atom stereocenters. The molecule has 4 heteroatoms. The van der Waals surface area contributed by atoms with Gasteiger partial charge in [-0.15, -0.1) is 0 Å². The zero-order valence-electron chi connectivity index (χ0n) is 9.62. The first kappa shape index (κ1) is 10.6. The van der Waals surface area contributed by atoms with Gasteiger partial charge in [-0.1, -0.05) is 11.6 Å². The summed E-state index contributed by atoms with van der Waals surface area (Å²) in [7, 11) is 1.99. The van der Waals surface area contributed by atoms with E-state index in [1.54, 1.807) is 6.20 Å². The summed E-state index contributed by atoms with van der Waals surface area (Å²) in [4.78, 5) is 0. The normalized spacial score (nSPS) is 29.1. The Bertz CT molecular complexity index is 364. The molecule has 2 unspecified atom stereocenters. The SMILES string of the molecule is Cn1ncc(Cl)c1C1CCC1CNC1CC1. The van der Waals surface area contributed by atoms with Crippen LogP contribution in [0.5, 0.6) is 0 Å². The van der Waals surface area contributed by atoms with Crippen molar-refractivity contribution in [1.29, 1.82) is 0 Å². The second kappa shape index (κ2) is 4.04. The van der Waals surface area contributed by atoms with Crippen LogP contribution >= 0.6 is 11.6 Å². The number of aromatic nitrogens is 2. The van der Waals surface area contributed by atoms with E-state index >= 15 is 0 Å². The summed E-state index contributed by atoms with van der Waals surface area (Å²) in [6, 6.07) is 0.809. The van der Waals surface area contributed by atoms with Gasteiger partial charge in [0.15, 0.2) is 0 Å². The number of nitrogens with zero attached hydrogens (tertiary/aromatic N) is 2. The third kappa shape index (κ3) is 1.87. The van der Waals surface area contributed by atoms with Crippen LogP contribution in [0.1, 0.15) is 37.3 Å². The maximum Gasteiger partial charge on any atom is 0.0820 e. The van der Waals surface area contributed by atoms with Gasteiger partial charge in [-0.25, -0.2) is 0 Å². The molecule has 0 radical (unpaired) electrons. The largest absolute Gasteiger partial charge is 0.314 e. The maximum absolute atomic E-state index is 6.19. The highest BCUT2D eigenvalue weighted by atomic mass is 35.5. The molecule has 3 nitrogen and oxygen atoms in total. The van der Waals surface area contributed by atoms with E-state index in [2.05, 4.69) is 10.4 Å². The molecule has 0 spiro atoms. The van der Waals surface area contributed by atoms with Crippen molar-refractivity contribution in [3.63, 3.8) is 0 Å². The van der Waals surface area contributed by atoms with Gasteiger partial charge in [0.2, 0.25) is 0 Å². The number of halogens is 1. The fourth-order valence-corrected chi connectivity index (χ4v) is 2.92. The van der Waals surface area contributed by atoms with Crippen molar-refractivity contribution in [3.8, 4) is 0 Å². The molecule has 88 valence electrons. The lowest BCUT2D eigenvalue weighted by Gasteiger charge is -2.37. The average Bonchev–Trinajstić information content (AvgIpc) is 2.99. The second-order valence-corrected chi connectivity index (χ2v) is 5.53. The number of rotatable bonds is 4. The molecule has 0 bridgehead atoms. The third-order valence-corrected chi connectivity index (χ3v) is 4.24. The molecule has 2 aliphatic rings. The van der Waals surface area contributed by atoms with Crippen LogP contribution in [-0.4, -0.2) is 22.4 Å². The minimum atomic E-state index is 0.617. The standard InChI is InChI=1S/C12H18ClN3/c1-16-12(11(13)7-15-16)10-5-2-8(10)6-14-9-3-4-9/h7-10,14H,2-6H2,1H3. The van der Waals surface area contributed by atoms with Crippen LogP contribution < -0.4 is 5.32 Å². The van der Waals surface area contributed by atoms with Crippen molar-refractivity contribution in [3.05, 3.63) is 16.9 Å². The average molecular weight is 240 g/mol. The Morgan fingerprint density at radius 1 is 1.44 bits per heavy atom. The van der Waals surface area contributed by atoms with Crippen molar-refractivity contribution in [2.45, 2.75) is 37.6 Å². The summed E-state index contributed by atoms with van der Waals surface area (Å²) < 4.78 is 1.94. The Morgan fingerprint density at radius 2 is 2.25 bits per heavy atom. The Balaban J connectivity index is 1.65. The molecule has 1 N–H and O–H groups in total. The zero-order chi connectivity index (χ0) is 11.1. The first-order valence-corrected chi connectivity index (χ1v) is 6.54. The number of hydrogen-bond donors (Lipinski definition) is 1. The van der Waals surface area contributed by atoms with E-state index in [0.717, 1.165) is 23.5 Å². The molecule has 1 aromatic heterocycles. The summed E-state index contributed by atoms with van der Waals surface area (Å²) in [5, 5.41) is 8.68. The van der Waals surface area contributed by atoms with Crippen molar-refractivity contribution in [2.75, 3.05) is 6.54 Å². The van der Waals surface area contributed by atoms with Gasteiger partial charge in [0.25, 0.3) is 0 Å². The summed E-state index contributed by atoms with van der Waals surface area (Å²) in [5.41, 5.74) is 1.23. The monoisotopic (exact) mass is 239 g/mol. The van der Waals surface area contributed by atoms with Gasteiger partial charge < -0.3 is 5.32 Å². The fraction of sp³-hybridized carbons (Fsp3) is 0.750. The molecule has 1 heterocycles. The Hall–Kier alpha value is -0.540. The fourth-order valence-electron chi connectivity index (χ4n) is 2.62. The van der Waals surface area contributed by atoms with Crippen LogP contribution in [-0.2, 0) is 7.05 Å². The number of nitrogens with one attached hydrogen (secondary N) is 1. The third-order valence-electron chi connectivity index (χ3n) is 3.95. The van der Waals surface area contributed by atoms with E-state index in [9.17, 15) is 0 Å². The smallest absolute Gasteiger partial charge is 0.0820 e. The van der Waals surface area contributed by atoms with Crippen LogP contribution in [0.15, 0.2) is 6.20 Å². The molecular weight excluding hydrogens is 222 g/mol. The summed E-state index contributed by atoms with van der Waals surface area (Å²) in [6.07, 6.45) is 7.08. The number of hydrogen-bond acceptors (Lipinski definition) is 2. The second-order valence-electron chi connectivity index (χ2n) is 5.13. The van der Waals surface area contributed by atoms with E-state index in [0.29, 0.717) is 5.92 Å². The molecule has 2 saturated carbocycles. The van der Waals surface area contributed by atoms with Gasteiger partial charge in [-0.05, 0) is 38.1 Å². The predicted octanol–water partition coefficient (Wildman–Crippen LogP) is 2.32. The van der Waals surface area contributed by atoms with E-state index in [4.69, 9.17) is 11.6 Å². The van der Waals surface area contributed by atoms with Crippen LogP contribution in [0.25, 0.3) is 0 Å². The molecule has 16 heavy (non-hydrogen) atoms. The lowest BCUT2D eigenvalue weighted by molar-refractivity contribution is 0.235. The van der Waals surface area contributed by atoms with Crippen molar-refractivity contribution >= 4 is 11.6 Å². The molecule has 0 aromatic carbocycles. The Morgan fingerprint density at radius 3 is 2.75 bits per heavy atom. The topological polar surface area (TPSA) is 29.9 Å². The first-order chi connectivity index (χ1) is 7.75. The van der Waals surface area contributed by atoms with Gasteiger partial charge >= 0.3 is 0 Å². The van der Waals surface area contributed by atoms with Crippen LogP contribution in [0.3, 0.4) is 0 Å². The minimum absolute atomic E-state index is 0.617. The van der Waals surface area contributed by atoms with Crippen LogP contribution in [0.2, 0.25) is 5.02 Å². The molecule has 1 aromatic rings. The van der Waals surface area contributed by atoms with Gasteiger partial charge in [-0.2, -0.15) is 5.10 Å². The molecule has 2 aliphatic carbocycles. The van der Waals surface area contributed by atoms with Crippen molar-refractivity contribution in [1.82, 2.24) is 15.1 Å². The highest BCUT2D eigenvalue weighted by molar-refractivity contribution is 6.31. The first-order valence-electron chi connectivity index (χ1n) is 6.16. The van der Waals surface area contributed by atoms with Gasteiger partial charge in [-0.3, -0.25) is 4.68 Å². The summed E-state index contributed by atoms with van der Waals surface area (Å²) in [5.74, 6) is 1.37. The molecule has 3 rings (SSSR count). The predicted molar refractivity (Wildman–Crippen MR) is 64.7 cm³/mol. The highest BCUT2D eigenvalue weighted by Gasteiger charge is 2.36. The quantitative estimate of drug-likeness (QED) is 0.874. The summed E-state index contributed by atoms with van der Waals surface area (Å²) in [6.45, 7) is 1.15. The minimum Gasteiger partial charge on any atom is -0.314 e. The van der Waals surface area contributed by atoms with Crippen LogP contribution in [0.4, 0.5) is 0 Å². The van der Waals surface area contributed by atoms with E-state index in [1.165, 1.54) is 31.4 Å². The van der Waals surface area contributed by atoms with E-state index in [1.807, 2.05) is 11.7 Å². The van der Waals surface area contributed by atoms with Gasteiger partial charge in [0.1, 0.15) is 0 Å². The molecule has 0 saturated heterocycles. The molecule has 2 fully saturated rings. The highest BCUT2D eigenvalue weighted by Crippen LogP contribution is 2.44. The molecule has 0 aliphatic heterocycles. The van der Waals surface area contributed by atoms with E-state index in [-0.39, 0.29) is 0 Å². The Labute approximate surface area is 101 Å². The molecule has 0 amide bonds. The Kier molecular flexibility index (Phi) is 2.68. The van der Waals surface area contributed by atoms with Crippen LogP contribution in [0, 0.1) is 5.92 Å². The van der Waals surface area contributed by atoms with Crippen molar-refractivity contribution < 1.29 is 0 Å². The van der Waals surface area contributed by atoms with Crippen molar-refractivity contribution in [2.24, 2.45) is 13.0 Å².